The van der Waals surface area contributed by atoms with E-state index in [1.807, 2.05) is 39.0 Å². The van der Waals surface area contributed by atoms with Crippen molar-refractivity contribution in [1.82, 2.24) is 4.98 Å². The third-order valence-electron chi connectivity index (χ3n) is 7.71. The number of aliphatic carboxylic acids is 1. The molecule has 0 aliphatic heterocycles. The molecule has 8 heteroatoms. The van der Waals surface area contributed by atoms with Gasteiger partial charge in [-0.05, 0) is 63.1 Å². The molecule has 2 N–H and O–H groups in total. The molecule has 1 aromatic carbocycles. The van der Waals surface area contributed by atoms with Crippen LogP contribution in [-0.4, -0.2) is 46.4 Å². The van der Waals surface area contributed by atoms with E-state index in [0.29, 0.717) is 6.42 Å². The monoisotopic (exact) mass is 545 g/mol. The number of ether oxygens (including phenoxy) is 1. The maximum Gasteiger partial charge on any atom is 0.306 e. The number of fused-ring (bicyclic) bond motifs is 1. The van der Waals surface area contributed by atoms with Gasteiger partial charge in [-0.1, -0.05) is 45.4 Å². The Bertz CT molecular complexity index is 1140. The normalized spacial score (nSPS) is 16.6. The van der Waals surface area contributed by atoms with Crippen LogP contribution in [0.4, 0.5) is 0 Å². The average molecular weight is 546 g/mol. The van der Waals surface area contributed by atoms with E-state index in [-0.39, 0.29) is 18.1 Å². The van der Waals surface area contributed by atoms with E-state index in [1.165, 1.54) is 12.7 Å². The topological polar surface area (TPSA) is 114 Å². The molecule has 1 aromatic heterocycles. The van der Waals surface area contributed by atoms with Gasteiger partial charge in [-0.2, -0.15) is 0 Å². The number of aliphatic hydroxyl groups is 1. The van der Waals surface area contributed by atoms with E-state index in [9.17, 15) is 24.6 Å². The lowest BCUT2D eigenvalue weighted by atomic mass is 9.70. The van der Waals surface area contributed by atoms with Crippen LogP contribution in [0.5, 0.6) is 0 Å². The number of nitrogens with zero attached hydrogens (tertiary/aromatic N) is 1. The van der Waals surface area contributed by atoms with Crippen molar-refractivity contribution >= 4 is 39.6 Å². The van der Waals surface area contributed by atoms with E-state index in [0.717, 1.165) is 46.3 Å². The average Bonchev–Trinajstić information content (AvgIpc) is 3.24. The molecule has 0 bridgehead atoms. The highest BCUT2D eigenvalue weighted by Gasteiger charge is 2.43. The van der Waals surface area contributed by atoms with Crippen LogP contribution in [0.25, 0.3) is 10.2 Å². The lowest BCUT2D eigenvalue weighted by Gasteiger charge is -2.35. The molecule has 4 unspecified atom stereocenters. The number of thiazole rings is 1. The Labute approximate surface area is 230 Å². The van der Waals surface area contributed by atoms with Crippen molar-refractivity contribution in [2.45, 2.75) is 85.9 Å². The molecule has 5 atom stereocenters. The number of hydrogen-bond donors (Lipinski definition) is 2. The molecule has 0 aliphatic rings. The van der Waals surface area contributed by atoms with Crippen molar-refractivity contribution in [3.63, 3.8) is 0 Å². The summed E-state index contributed by atoms with van der Waals surface area (Å²) in [5.74, 6) is -2.20. The van der Waals surface area contributed by atoms with Crippen LogP contribution < -0.4 is 0 Å². The first-order chi connectivity index (χ1) is 17.8. The Kier molecular flexibility index (Phi) is 11.8. The van der Waals surface area contributed by atoms with Crippen molar-refractivity contribution in [1.29, 1.82) is 0 Å². The number of carbonyl (C=O) groups is 3. The third kappa shape index (κ3) is 8.29. The number of carboxylic acid groups (broad SMARTS) is 1. The van der Waals surface area contributed by atoms with Crippen molar-refractivity contribution in [2.24, 2.45) is 23.2 Å². The number of rotatable bonds is 16. The minimum atomic E-state index is -1.03. The van der Waals surface area contributed by atoms with Crippen LogP contribution in [0, 0.1) is 30.1 Å². The number of carboxylic acids is 1. The van der Waals surface area contributed by atoms with Gasteiger partial charge in [-0.3, -0.25) is 9.59 Å². The number of ketones is 1. The number of carbonyl (C=O) groups excluding carboxylic acids is 2. The highest BCUT2D eigenvalue weighted by molar-refractivity contribution is 7.18. The maximum atomic E-state index is 13.3. The predicted molar refractivity (Wildman–Crippen MR) is 151 cm³/mol. The summed E-state index contributed by atoms with van der Waals surface area (Å²) >= 11 is 1.64. The first kappa shape index (κ1) is 31.8. The van der Waals surface area contributed by atoms with Gasteiger partial charge in [0.25, 0.3) is 0 Å². The quantitative estimate of drug-likeness (QED) is 0.187. The van der Waals surface area contributed by atoms with Crippen molar-refractivity contribution in [2.75, 3.05) is 7.11 Å². The standard InChI is InChI=1S/C30H43NO6S/c1-18(11-13-25(33)22-12-14-26-24(15-22)31-21(4)38-26)9-8-10-19(2)23(17-32)20(3)29(36)30(5,6)27(37-7)16-28(34)35/h11-12,14-15,17,19-20,23,25,27,33H,8-10,13,16H2,1-7H3,(H,34,35)/b18-11-/t19?,20?,23?,25-,27?/m0/s1. The molecule has 7 nitrogen and oxygen atoms in total. The Morgan fingerprint density at radius 2 is 1.92 bits per heavy atom. The molecule has 0 fully saturated rings. The minimum absolute atomic E-state index is 0.00518. The van der Waals surface area contributed by atoms with Gasteiger partial charge in [0, 0.05) is 18.9 Å². The van der Waals surface area contributed by atoms with Gasteiger partial charge in [0.15, 0.2) is 0 Å². The number of hydrogen-bond acceptors (Lipinski definition) is 7. The summed E-state index contributed by atoms with van der Waals surface area (Å²) in [7, 11) is 1.41. The molecule has 0 saturated carbocycles. The molecule has 2 rings (SSSR count). The summed E-state index contributed by atoms with van der Waals surface area (Å²) in [6.07, 6.45) is 4.27. The summed E-state index contributed by atoms with van der Waals surface area (Å²) in [6, 6.07) is 5.91. The van der Waals surface area contributed by atoms with Gasteiger partial charge in [0.1, 0.15) is 12.1 Å². The summed E-state index contributed by atoms with van der Waals surface area (Å²) in [4.78, 5) is 41.0. The van der Waals surface area contributed by atoms with Crippen LogP contribution >= 0.6 is 11.3 Å². The second-order valence-electron chi connectivity index (χ2n) is 11.0. The SMILES string of the molecule is COC(CC(=O)O)C(C)(C)C(=O)C(C)C(C=O)C(C)CCC/C(C)=C\C[C@H](O)c1ccc2sc(C)nc2c1. The molecule has 38 heavy (non-hydrogen) atoms. The zero-order valence-corrected chi connectivity index (χ0v) is 24.5. The zero-order chi connectivity index (χ0) is 28.6. The number of aryl methyl sites for hydroxylation is 1. The van der Waals surface area contributed by atoms with Gasteiger partial charge in [-0.15, -0.1) is 11.3 Å². The number of Topliss-reactive ketones (excluding diaryl/α,β-unsaturated/α-hetero) is 1. The van der Waals surface area contributed by atoms with Crippen LogP contribution in [0.2, 0.25) is 0 Å². The molecular formula is C30H43NO6S. The fourth-order valence-electron chi connectivity index (χ4n) is 5.17. The van der Waals surface area contributed by atoms with Gasteiger partial charge in [0.2, 0.25) is 0 Å². The smallest absolute Gasteiger partial charge is 0.306 e. The van der Waals surface area contributed by atoms with E-state index >= 15 is 0 Å². The van der Waals surface area contributed by atoms with Crippen molar-refractivity contribution in [3.8, 4) is 0 Å². The highest BCUT2D eigenvalue weighted by atomic mass is 32.1. The first-order valence-corrected chi connectivity index (χ1v) is 14.1. The fraction of sp³-hybridized carbons (Fsp3) is 0.600. The Hall–Kier alpha value is -2.42. The summed E-state index contributed by atoms with van der Waals surface area (Å²) in [5, 5.41) is 20.8. The van der Waals surface area contributed by atoms with Gasteiger partial charge in [-0.25, -0.2) is 4.98 Å². The molecule has 0 radical (unpaired) electrons. The Morgan fingerprint density at radius 3 is 2.53 bits per heavy atom. The van der Waals surface area contributed by atoms with Gasteiger partial charge < -0.3 is 19.7 Å². The summed E-state index contributed by atoms with van der Waals surface area (Å²) in [6.45, 7) is 11.1. The lowest BCUT2D eigenvalue weighted by molar-refractivity contribution is -0.149. The van der Waals surface area contributed by atoms with Crippen molar-refractivity contribution in [3.05, 3.63) is 40.4 Å². The number of benzene rings is 1. The Balaban J connectivity index is 1.91. The molecule has 0 aliphatic carbocycles. The number of aromatic nitrogens is 1. The molecule has 2 aromatic rings. The number of aldehydes is 1. The maximum absolute atomic E-state index is 13.3. The van der Waals surface area contributed by atoms with Crippen LogP contribution in [0.1, 0.15) is 83.4 Å². The van der Waals surface area contributed by atoms with Crippen LogP contribution in [0.3, 0.4) is 0 Å². The van der Waals surface area contributed by atoms with Crippen LogP contribution in [-0.2, 0) is 19.1 Å². The fourth-order valence-corrected chi connectivity index (χ4v) is 5.98. The molecule has 1 heterocycles. The van der Waals surface area contributed by atoms with E-state index in [4.69, 9.17) is 4.74 Å². The summed E-state index contributed by atoms with van der Waals surface area (Å²) in [5.41, 5.74) is 1.91. The van der Waals surface area contributed by atoms with Crippen LogP contribution in [0.15, 0.2) is 29.8 Å². The Morgan fingerprint density at radius 1 is 1.24 bits per heavy atom. The van der Waals surface area contributed by atoms with Gasteiger partial charge >= 0.3 is 5.97 Å². The van der Waals surface area contributed by atoms with Crippen molar-refractivity contribution < 1.29 is 29.3 Å². The molecule has 0 spiro atoms. The van der Waals surface area contributed by atoms with E-state index in [1.54, 1.807) is 32.1 Å². The first-order valence-electron chi connectivity index (χ1n) is 13.3. The number of methoxy groups -OCH3 is 1. The number of aliphatic hydroxyl groups excluding tert-OH is 1. The van der Waals surface area contributed by atoms with E-state index < -0.39 is 35.4 Å². The molecule has 0 saturated heterocycles. The molecule has 0 amide bonds. The molecular weight excluding hydrogens is 502 g/mol. The highest BCUT2D eigenvalue weighted by Crippen LogP contribution is 2.35. The summed E-state index contributed by atoms with van der Waals surface area (Å²) < 4.78 is 6.45. The third-order valence-corrected chi connectivity index (χ3v) is 8.66. The molecule has 210 valence electrons. The second kappa shape index (κ2) is 14.1. The van der Waals surface area contributed by atoms with E-state index in [2.05, 4.69) is 11.1 Å². The largest absolute Gasteiger partial charge is 0.481 e. The predicted octanol–water partition coefficient (Wildman–Crippen LogP) is 6.32. The number of allylic oxidation sites excluding steroid dienone is 1. The second-order valence-corrected chi connectivity index (χ2v) is 12.3. The minimum Gasteiger partial charge on any atom is -0.481 e. The zero-order valence-electron chi connectivity index (χ0n) is 23.7. The lowest BCUT2D eigenvalue weighted by Crippen LogP contribution is -2.45. The van der Waals surface area contributed by atoms with Gasteiger partial charge in [0.05, 0.1) is 39.3 Å².